The lowest BCUT2D eigenvalue weighted by Gasteiger charge is -2.06. The number of nitro groups is 3. The Bertz CT molecular complexity index is 481. The van der Waals surface area contributed by atoms with Crippen molar-refractivity contribution in [3.05, 3.63) is 42.5 Å². The Morgan fingerprint density at radius 3 is 1.53 bits per heavy atom. The molecule has 19 heavy (non-hydrogen) atoms. The normalized spacial score (nSPS) is 9.16. The van der Waals surface area contributed by atoms with Crippen molar-refractivity contribution in [2.45, 2.75) is 6.92 Å². The highest BCUT2D eigenvalue weighted by atomic mass is 16.6. The highest BCUT2D eigenvalue weighted by molar-refractivity contribution is 5.63. The monoisotopic (exact) mass is 274 g/mol. The number of benzene rings is 1. The molecule has 0 atom stereocenters. The van der Waals surface area contributed by atoms with Crippen molar-refractivity contribution in [2.24, 2.45) is 0 Å². The molecule has 0 aliphatic rings. The standard InChI is InChI=1S/C6H3N3O7.C2H7N/c10-6-4(8(13)14)1-3(7(11)12)2-5(6)9(15)16;1-2-3/h1-2,10H;2-3H2,1H3. The fraction of sp³-hybridized carbons (Fsp3) is 0.250. The topological polar surface area (TPSA) is 180 Å². The number of nitrogens with zero attached hydrogens (tertiary/aromatic N) is 3. The van der Waals surface area contributed by atoms with Gasteiger partial charge >= 0.3 is 0 Å². The molecule has 11 nitrogen and oxygen atoms in total. The van der Waals surface area contributed by atoms with Gasteiger partial charge in [0.2, 0.25) is 0 Å². The van der Waals surface area contributed by atoms with E-state index in [1.165, 1.54) is 0 Å². The summed E-state index contributed by atoms with van der Waals surface area (Å²) in [6.07, 6.45) is 0. The van der Waals surface area contributed by atoms with E-state index in [4.69, 9.17) is 0 Å². The summed E-state index contributed by atoms with van der Waals surface area (Å²) < 4.78 is 0. The first kappa shape index (κ1) is 16.2. The van der Waals surface area contributed by atoms with E-state index in [0.717, 1.165) is 6.54 Å². The lowest BCUT2D eigenvalue weighted by Crippen LogP contribution is -2.48. The summed E-state index contributed by atoms with van der Waals surface area (Å²) in [6, 6.07) is 0.769. The van der Waals surface area contributed by atoms with Crippen molar-refractivity contribution in [1.29, 1.82) is 0 Å². The molecule has 0 aromatic heterocycles. The molecular weight excluding hydrogens is 264 g/mol. The van der Waals surface area contributed by atoms with Gasteiger partial charge in [-0.1, -0.05) is 0 Å². The molecule has 0 saturated heterocycles. The van der Waals surface area contributed by atoms with Gasteiger partial charge in [0.05, 0.1) is 39.2 Å². The molecule has 0 unspecified atom stereocenters. The smallest absolute Gasteiger partial charge is 0.283 e. The fourth-order valence-electron chi connectivity index (χ4n) is 0.961. The lowest BCUT2D eigenvalue weighted by atomic mass is 10.2. The van der Waals surface area contributed by atoms with Crippen LogP contribution in [-0.4, -0.2) is 21.3 Å². The van der Waals surface area contributed by atoms with Crippen molar-refractivity contribution in [3.63, 3.8) is 0 Å². The van der Waals surface area contributed by atoms with Crippen molar-refractivity contribution in [1.82, 2.24) is 0 Å². The molecule has 1 aromatic rings. The molecule has 0 fully saturated rings. The van der Waals surface area contributed by atoms with Crippen LogP contribution < -0.4 is 10.8 Å². The molecule has 1 rings (SSSR count). The maximum atomic E-state index is 11.1. The van der Waals surface area contributed by atoms with Crippen LogP contribution >= 0.6 is 0 Å². The Labute approximate surface area is 105 Å². The Hall–Kier alpha value is -2.82. The van der Waals surface area contributed by atoms with Crippen molar-refractivity contribution in [3.8, 4) is 5.75 Å². The van der Waals surface area contributed by atoms with Crippen LogP contribution in [0, 0.1) is 30.3 Å². The van der Waals surface area contributed by atoms with E-state index < -0.39 is 37.6 Å². The number of rotatable bonds is 3. The van der Waals surface area contributed by atoms with E-state index >= 15 is 0 Å². The minimum Gasteiger partial charge on any atom is -0.863 e. The molecule has 0 saturated carbocycles. The molecule has 104 valence electrons. The highest BCUT2D eigenvalue weighted by Gasteiger charge is 2.24. The SMILES string of the molecule is CC[NH3+].O=[N+]([O-])c1cc([N+](=O)[O-])c([O-])c([N+](=O)[O-])c1. The Morgan fingerprint density at radius 1 is 1.00 bits per heavy atom. The predicted molar refractivity (Wildman–Crippen MR) is 59.3 cm³/mol. The molecule has 0 spiro atoms. The van der Waals surface area contributed by atoms with E-state index in [1.54, 1.807) is 0 Å². The summed E-state index contributed by atoms with van der Waals surface area (Å²) in [5.74, 6) is -1.46. The molecule has 11 heteroatoms. The Morgan fingerprint density at radius 2 is 1.32 bits per heavy atom. The summed E-state index contributed by atoms with van der Waals surface area (Å²) in [4.78, 5) is 27.5. The minimum atomic E-state index is -1.46. The van der Waals surface area contributed by atoms with E-state index in [-0.39, 0.29) is 0 Å². The third-order valence-electron chi connectivity index (χ3n) is 1.64. The van der Waals surface area contributed by atoms with E-state index in [9.17, 15) is 35.4 Å². The lowest BCUT2D eigenvalue weighted by molar-refractivity contribution is -0.420. The van der Waals surface area contributed by atoms with Gasteiger partial charge in [0, 0.05) is 0 Å². The summed E-state index contributed by atoms with van der Waals surface area (Å²) in [5, 5.41) is 42.1. The second-order valence-electron chi connectivity index (χ2n) is 3.08. The zero-order chi connectivity index (χ0) is 15.2. The van der Waals surface area contributed by atoms with Gasteiger partial charge in [-0.05, 0) is 6.92 Å². The Kier molecular flexibility index (Phi) is 5.79. The van der Waals surface area contributed by atoms with Crippen molar-refractivity contribution in [2.75, 3.05) is 6.54 Å². The first-order valence-electron chi connectivity index (χ1n) is 4.83. The number of nitro benzene ring substituents is 3. The van der Waals surface area contributed by atoms with Crippen LogP contribution in [0.4, 0.5) is 17.1 Å². The molecule has 0 aliphatic carbocycles. The van der Waals surface area contributed by atoms with Gasteiger partial charge in [-0.2, -0.15) is 0 Å². The van der Waals surface area contributed by atoms with E-state index in [2.05, 4.69) is 5.73 Å². The first-order valence-corrected chi connectivity index (χ1v) is 4.83. The van der Waals surface area contributed by atoms with Crippen LogP contribution in [0.3, 0.4) is 0 Å². The maximum Gasteiger partial charge on any atom is 0.283 e. The van der Waals surface area contributed by atoms with Crippen molar-refractivity contribution >= 4 is 17.1 Å². The van der Waals surface area contributed by atoms with Gasteiger partial charge in [-0.25, -0.2) is 0 Å². The summed E-state index contributed by atoms with van der Waals surface area (Å²) in [7, 11) is 0. The van der Waals surface area contributed by atoms with Gasteiger partial charge in [0.1, 0.15) is 0 Å². The highest BCUT2D eigenvalue weighted by Crippen LogP contribution is 2.36. The molecule has 0 aliphatic heterocycles. The van der Waals surface area contributed by atoms with Crippen LogP contribution in [0.2, 0.25) is 0 Å². The quantitative estimate of drug-likeness (QED) is 0.581. The average molecular weight is 274 g/mol. The van der Waals surface area contributed by atoms with Gasteiger partial charge < -0.3 is 10.8 Å². The molecule has 0 amide bonds. The van der Waals surface area contributed by atoms with Crippen LogP contribution in [0.25, 0.3) is 0 Å². The minimum absolute atomic E-state index is 0.384. The number of hydrogen-bond acceptors (Lipinski definition) is 7. The fourth-order valence-corrected chi connectivity index (χ4v) is 0.961. The zero-order valence-electron chi connectivity index (χ0n) is 9.77. The molecule has 0 heterocycles. The van der Waals surface area contributed by atoms with Crippen LogP contribution in [0.1, 0.15) is 6.92 Å². The summed E-state index contributed by atoms with van der Waals surface area (Å²) in [5.41, 5.74) is 0.222. The van der Waals surface area contributed by atoms with Crippen LogP contribution in [0.5, 0.6) is 5.75 Å². The molecule has 1 aromatic carbocycles. The third-order valence-corrected chi connectivity index (χ3v) is 1.64. The number of quaternary nitrogens is 1. The van der Waals surface area contributed by atoms with Crippen LogP contribution in [-0.2, 0) is 0 Å². The first-order chi connectivity index (χ1) is 8.76. The second kappa shape index (κ2) is 6.80. The van der Waals surface area contributed by atoms with Crippen molar-refractivity contribution < 1.29 is 25.6 Å². The summed E-state index contributed by atoms with van der Waals surface area (Å²) in [6.45, 7) is 3.01. The van der Waals surface area contributed by atoms with Gasteiger partial charge in [0.15, 0.2) is 0 Å². The molecule has 3 N–H and O–H groups in total. The summed E-state index contributed by atoms with van der Waals surface area (Å²) >= 11 is 0. The predicted octanol–water partition coefficient (Wildman–Crippen LogP) is -0.267. The maximum absolute atomic E-state index is 11.1. The Balaban J connectivity index is 0.000000982. The molecule has 0 bridgehead atoms. The molecular formula is C8H10N4O7. The van der Waals surface area contributed by atoms with Crippen LogP contribution in [0.15, 0.2) is 12.1 Å². The second-order valence-corrected chi connectivity index (χ2v) is 3.08. The number of hydrogen-bond donors (Lipinski definition) is 1. The zero-order valence-corrected chi connectivity index (χ0v) is 9.77. The largest absolute Gasteiger partial charge is 0.863 e. The van der Waals surface area contributed by atoms with Gasteiger partial charge in [-0.15, -0.1) is 0 Å². The van der Waals surface area contributed by atoms with E-state index in [1.807, 2.05) is 6.92 Å². The average Bonchev–Trinajstić information content (AvgIpc) is 2.29. The molecule has 0 radical (unpaired) electrons. The van der Waals surface area contributed by atoms with E-state index in [0.29, 0.717) is 12.1 Å². The van der Waals surface area contributed by atoms with Gasteiger partial charge in [-0.3, -0.25) is 30.3 Å². The third kappa shape index (κ3) is 4.16. The van der Waals surface area contributed by atoms with Gasteiger partial charge in [0.25, 0.3) is 17.1 Å². The number of non-ortho nitro benzene ring substituents is 1.